The molecule has 0 saturated carbocycles. The van der Waals surface area contributed by atoms with Gasteiger partial charge in [0.2, 0.25) is 10.0 Å². The average Bonchev–Trinajstić information content (AvgIpc) is 2.28. The Morgan fingerprint density at radius 2 is 2.22 bits per heavy atom. The van der Waals surface area contributed by atoms with Crippen molar-refractivity contribution in [2.45, 2.75) is 19.9 Å². The van der Waals surface area contributed by atoms with Crippen molar-refractivity contribution < 1.29 is 8.42 Å². The molecule has 0 fully saturated rings. The lowest BCUT2D eigenvalue weighted by Gasteiger charge is -2.09. The van der Waals surface area contributed by atoms with Crippen molar-refractivity contribution in [3.8, 4) is 0 Å². The fourth-order valence-corrected chi connectivity index (χ4v) is 2.30. The van der Waals surface area contributed by atoms with Gasteiger partial charge < -0.3 is 5.32 Å². The number of nitrogens with zero attached hydrogens (tertiary/aromatic N) is 2. The van der Waals surface area contributed by atoms with Gasteiger partial charge in [-0.15, -0.1) is 0 Å². The van der Waals surface area contributed by atoms with Gasteiger partial charge in [0.25, 0.3) is 5.56 Å². The first-order chi connectivity index (χ1) is 8.35. The Kier molecular flexibility index (Phi) is 5.29. The maximum Gasteiger partial charge on any atom is 0.283 e. The van der Waals surface area contributed by atoms with E-state index in [1.165, 1.54) is 10.9 Å². The minimum absolute atomic E-state index is 0.100. The lowest BCUT2D eigenvalue weighted by Crippen LogP contribution is -2.24. The molecule has 7 nitrogen and oxygen atoms in total. The molecule has 0 aliphatic heterocycles. The molecule has 0 unspecified atom stereocenters. The topological polar surface area (TPSA) is 107 Å². The number of primary sulfonamides is 1. The number of nitrogens with two attached hydrogens (primary N) is 1. The van der Waals surface area contributed by atoms with Gasteiger partial charge in [0, 0.05) is 13.1 Å². The molecule has 1 aromatic heterocycles. The van der Waals surface area contributed by atoms with E-state index in [2.05, 4.69) is 26.3 Å². The molecule has 0 radical (unpaired) electrons. The molecule has 0 amide bonds. The highest BCUT2D eigenvalue weighted by Crippen LogP contribution is 2.15. The molecule has 102 valence electrons. The number of rotatable bonds is 6. The van der Waals surface area contributed by atoms with Gasteiger partial charge in [-0.05, 0) is 29.3 Å². The van der Waals surface area contributed by atoms with Crippen molar-refractivity contribution in [1.82, 2.24) is 9.78 Å². The summed E-state index contributed by atoms with van der Waals surface area (Å²) < 4.78 is 23.1. The smallest absolute Gasteiger partial charge is 0.283 e. The number of anilines is 1. The molecule has 3 N–H and O–H groups in total. The zero-order valence-electron chi connectivity index (χ0n) is 9.89. The third-order valence-electron chi connectivity index (χ3n) is 2.21. The van der Waals surface area contributed by atoms with Gasteiger partial charge in [-0.2, -0.15) is 5.10 Å². The highest BCUT2D eigenvalue weighted by atomic mass is 79.9. The Labute approximate surface area is 114 Å². The number of hydrogen-bond acceptors (Lipinski definition) is 5. The van der Waals surface area contributed by atoms with E-state index in [9.17, 15) is 13.2 Å². The van der Waals surface area contributed by atoms with Crippen LogP contribution >= 0.6 is 15.9 Å². The van der Waals surface area contributed by atoms with Crippen LogP contribution in [0.25, 0.3) is 0 Å². The van der Waals surface area contributed by atoms with E-state index >= 15 is 0 Å². The largest absolute Gasteiger partial charge is 0.383 e. The number of sulfonamides is 1. The molecule has 0 aromatic carbocycles. The van der Waals surface area contributed by atoms with Gasteiger partial charge in [0.05, 0.1) is 17.6 Å². The summed E-state index contributed by atoms with van der Waals surface area (Å²) in [6.45, 7) is 2.70. The molecule has 0 bridgehead atoms. The summed E-state index contributed by atoms with van der Waals surface area (Å²) in [4.78, 5) is 11.7. The Morgan fingerprint density at radius 1 is 1.56 bits per heavy atom. The first kappa shape index (κ1) is 15.1. The number of aromatic nitrogens is 2. The SMILES string of the molecule is CCn1ncc(NCCCS(N)(=O)=O)c(Br)c1=O. The predicted molar refractivity (Wildman–Crippen MR) is 73.0 cm³/mol. The second kappa shape index (κ2) is 6.30. The van der Waals surface area contributed by atoms with Crippen LogP contribution in [0.4, 0.5) is 5.69 Å². The number of aryl methyl sites for hydroxylation is 1. The summed E-state index contributed by atoms with van der Waals surface area (Å²) in [5.41, 5.74) is 0.313. The molecule has 1 aromatic rings. The fraction of sp³-hybridized carbons (Fsp3) is 0.556. The van der Waals surface area contributed by atoms with E-state index in [0.29, 0.717) is 29.7 Å². The Morgan fingerprint density at radius 3 is 2.78 bits per heavy atom. The molecule has 0 atom stereocenters. The maximum atomic E-state index is 11.7. The summed E-state index contributed by atoms with van der Waals surface area (Å²) in [6.07, 6.45) is 1.88. The third-order valence-corrected chi connectivity index (χ3v) is 3.83. The monoisotopic (exact) mass is 338 g/mol. The van der Waals surface area contributed by atoms with Crippen LogP contribution in [0.3, 0.4) is 0 Å². The van der Waals surface area contributed by atoms with Crippen LogP contribution in [0, 0.1) is 0 Å². The molecule has 18 heavy (non-hydrogen) atoms. The predicted octanol–water partition coefficient (Wildman–Crippen LogP) is 0.116. The van der Waals surface area contributed by atoms with Crippen molar-refractivity contribution in [3.05, 3.63) is 21.0 Å². The minimum Gasteiger partial charge on any atom is -0.383 e. The zero-order valence-corrected chi connectivity index (χ0v) is 12.3. The Balaban J connectivity index is 2.64. The van der Waals surface area contributed by atoms with Gasteiger partial charge in [-0.1, -0.05) is 0 Å². The van der Waals surface area contributed by atoms with Crippen molar-refractivity contribution in [2.24, 2.45) is 5.14 Å². The molecular formula is C9H15BrN4O3S. The van der Waals surface area contributed by atoms with Gasteiger partial charge in [0.15, 0.2) is 0 Å². The van der Waals surface area contributed by atoms with Gasteiger partial charge in [-0.3, -0.25) is 4.79 Å². The number of nitrogens with one attached hydrogen (secondary N) is 1. The molecule has 0 aliphatic carbocycles. The number of halogens is 1. The van der Waals surface area contributed by atoms with E-state index < -0.39 is 10.0 Å². The fourth-order valence-electron chi connectivity index (χ4n) is 1.31. The number of hydrogen-bond donors (Lipinski definition) is 2. The zero-order chi connectivity index (χ0) is 13.8. The second-order valence-electron chi connectivity index (χ2n) is 3.64. The standard InChI is InChI=1S/C9H15BrN4O3S/c1-2-14-9(15)8(10)7(6-13-14)12-4-3-5-18(11,16)17/h6,12H,2-5H2,1H3,(H2,11,16,17). The van der Waals surface area contributed by atoms with Crippen LogP contribution in [-0.4, -0.2) is 30.5 Å². The van der Waals surface area contributed by atoms with Crippen molar-refractivity contribution in [3.63, 3.8) is 0 Å². The van der Waals surface area contributed by atoms with E-state index in [1.54, 1.807) is 0 Å². The summed E-state index contributed by atoms with van der Waals surface area (Å²) in [6, 6.07) is 0. The summed E-state index contributed by atoms with van der Waals surface area (Å²) in [5, 5.41) is 11.8. The van der Waals surface area contributed by atoms with E-state index in [1.807, 2.05) is 6.92 Å². The summed E-state index contributed by atoms with van der Waals surface area (Å²) in [5.74, 6) is -0.100. The molecule has 1 heterocycles. The Hall–Kier alpha value is -0.930. The minimum atomic E-state index is -3.44. The first-order valence-electron chi connectivity index (χ1n) is 5.35. The van der Waals surface area contributed by atoms with Crippen molar-refractivity contribution in [2.75, 3.05) is 17.6 Å². The van der Waals surface area contributed by atoms with Crippen molar-refractivity contribution in [1.29, 1.82) is 0 Å². The molecular weight excluding hydrogens is 324 g/mol. The average molecular weight is 339 g/mol. The van der Waals surface area contributed by atoms with Gasteiger partial charge in [0.1, 0.15) is 4.47 Å². The second-order valence-corrected chi connectivity index (χ2v) is 6.17. The molecule has 0 saturated heterocycles. The summed E-state index contributed by atoms with van der Waals surface area (Å²) in [7, 11) is -3.44. The van der Waals surface area contributed by atoms with Gasteiger partial charge in [-0.25, -0.2) is 18.2 Å². The van der Waals surface area contributed by atoms with Crippen LogP contribution in [0.2, 0.25) is 0 Å². The van der Waals surface area contributed by atoms with Gasteiger partial charge >= 0.3 is 0 Å². The van der Waals surface area contributed by atoms with E-state index in [0.717, 1.165) is 0 Å². The molecule has 0 aliphatic rings. The third kappa shape index (κ3) is 4.39. The van der Waals surface area contributed by atoms with E-state index in [-0.39, 0.29) is 11.3 Å². The maximum absolute atomic E-state index is 11.7. The van der Waals surface area contributed by atoms with E-state index in [4.69, 9.17) is 5.14 Å². The van der Waals surface area contributed by atoms with Crippen LogP contribution in [0.5, 0.6) is 0 Å². The van der Waals surface area contributed by atoms with Crippen LogP contribution in [0.1, 0.15) is 13.3 Å². The molecule has 0 spiro atoms. The summed E-state index contributed by atoms with van der Waals surface area (Å²) >= 11 is 3.18. The van der Waals surface area contributed by atoms with Crippen molar-refractivity contribution >= 4 is 31.6 Å². The van der Waals surface area contributed by atoms with Crippen LogP contribution in [0.15, 0.2) is 15.5 Å². The first-order valence-corrected chi connectivity index (χ1v) is 7.86. The molecule has 9 heteroatoms. The highest BCUT2D eigenvalue weighted by Gasteiger charge is 2.08. The molecule has 1 rings (SSSR count). The highest BCUT2D eigenvalue weighted by molar-refractivity contribution is 9.10. The normalized spacial score (nSPS) is 11.5. The quantitative estimate of drug-likeness (QED) is 0.716. The van der Waals surface area contributed by atoms with Crippen LogP contribution < -0.4 is 16.0 Å². The van der Waals surface area contributed by atoms with Crippen LogP contribution in [-0.2, 0) is 16.6 Å². The lowest BCUT2D eigenvalue weighted by molar-refractivity contribution is 0.595. The Bertz CT molecular complexity index is 570. The lowest BCUT2D eigenvalue weighted by atomic mass is 10.4.